The topological polar surface area (TPSA) is 69.6 Å². The van der Waals surface area contributed by atoms with Crippen molar-refractivity contribution < 1.29 is 14.7 Å². The van der Waals surface area contributed by atoms with Crippen LogP contribution in [0.25, 0.3) is 0 Å². The number of hydrogen-bond acceptors (Lipinski definition) is 2. The number of carbonyl (C=O) groups is 2. The molecule has 5 nitrogen and oxygen atoms in total. The van der Waals surface area contributed by atoms with Gasteiger partial charge < -0.3 is 15.3 Å². The van der Waals surface area contributed by atoms with Gasteiger partial charge in [-0.05, 0) is 37.1 Å². The second kappa shape index (κ2) is 5.86. The van der Waals surface area contributed by atoms with Crippen LogP contribution >= 0.6 is 15.9 Å². The van der Waals surface area contributed by atoms with Crippen molar-refractivity contribution in [1.29, 1.82) is 0 Å². The van der Waals surface area contributed by atoms with Gasteiger partial charge in [0.15, 0.2) is 0 Å². The molecule has 0 bridgehead atoms. The Morgan fingerprint density at radius 2 is 1.83 bits per heavy atom. The van der Waals surface area contributed by atoms with Gasteiger partial charge in [-0.2, -0.15) is 0 Å². The van der Waals surface area contributed by atoms with Crippen molar-refractivity contribution in [2.75, 3.05) is 18.9 Å². The lowest BCUT2D eigenvalue weighted by molar-refractivity contribution is -0.137. The third-order valence-corrected chi connectivity index (χ3v) is 3.66. The van der Waals surface area contributed by atoms with Crippen molar-refractivity contribution in [1.82, 2.24) is 4.90 Å². The molecule has 98 valence electrons. The molecule has 0 atom stereocenters. The molecule has 0 heterocycles. The van der Waals surface area contributed by atoms with Crippen LogP contribution in [0.2, 0.25) is 0 Å². The van der Waals surface area contributed by atoms with Crippen LogP contribution in [0.5, 0.6) is 0 Å². The smallest absolute Gasteiger partial charge is 0.323 e. The number of halogens is 1. The minimum Gasteiger partial charge on any atom is -0.480 e. The second-order valence-electron chi connectivity index (χ2n) is 4.10. The number of nitrogens with one attached hydrogen (secondary N) is 1. The first-order chi connectivity index (χ1) is 8.31. The standard InChI is InChI=1S/C12H15BrN2O3/c1-7-4-9(5-8(2)11(7)13)14-12(18)15(3)6-10(16)17/h4-5H,6H2,1-3H3,(H,14,18)(H,16,17). The summed E-state index contributed by atoms with van der Waals surface area (Å²) in [7, 11) is 1.43. The molecule has 0 unspecified atom stereocenters. The lowest BCUT2D eigenvalue weighted by Gasteiger charge is -2.16. The van der Waals surface area contributed by atoms with Crippen LogP contribution < -0.4 is 5.32 Å². The highest BCUT2D eigenvalue weighted by molar-refractivity contribution is 9.10. The first kappa shape index (κ1) is 14.5. The molecule has 18 heavy (non-hydrogen) atoms. The van der Waals surface area contributed by atoms with Crippen molar-refractivity contribution in [3.63, 3.8) is 0 Å². The van der Waals surface area contributed by atoms with E-state index in [1.807, 2.05) is 26.0 Å². The molecule has 1 aromatic carbocycles. The summed E-state index contributed by atoms with van der Waals surface area (Å²) >= 11 is 3.44. The largest absolute Gasteiger partial charge is 0.480 e. The fourth-order valence-electron chi connectivity index (χ4n) is 1.51. The van der Waals surface area contributed by atoms with Gasteiger partial charge in [0.2, 0.25) is 0 Å². The van der Waals surface area contributed by atoms with Crippen molar-refractivity contribution in [3.05, 3.63) is 27.7 Å². The highest BCUT2D eigenvalue weighted by Gasteiger charge is 2.12. The van der Waals surface area contributed by atoms with Crippen LogP contribution in [0.1, 0.15) is 11.1 Å². The maximum Gasteiger partial charge on any atom is 0.323 e. The van der Waals surface area contributed by atoms with Gasteiger partial charge in [-0.1, -0.05) is 15.9 Å². The molecule has 6 heteroatoms. The number of aliphatic carboxylic acids is 1. The molecule has 2 amide bonds. The van der Waals surface area contributed by atoms with Gasteiger partial charge in [-0.15, -0.1) is 0 Å². The summed E-state index contributed by atoms with van der Waals surface area (Å²) in [5.74, 6) is -1.05. The highest BCUT2D eigenvalue weighted by Crippen LogP contribution is 2.25. The Kier molecular flexibility index (Phi) is 4.72. The van der Waals surface area contributed by atoms with Gasteiger partial charge in [-0.25, -0.2) is 4.79 Å². The molecule has 0 aliphatic heterocycles. The number of hydrogen-bond donors (Lipinski definition) is 2. The quantitative estimate of drug-likeness (QED) is 0.901. The van der Waals surface area contributed by atoms with E-state index in [2.05, 4.69) is 21.2 Å². The number of aryl methyl sites for hydroxylation is 2. The van der Waals surface area contributed by atoms with Gasteiger partial charge in [0, 0.05) is 17.2 Å². The summed E-state index contributed by atoms with van der Waals surface area (Å²) in [5.41, 5.74) is 2.66. The van der Waals surface area contributed by atoms with E-state index in [0.29, 0.717) is 5.69 Å². The monoisotopic (exact) mass is 314 g/mol. The lowest BCUT2D eigenvalue weighted by atomic mass is 10.1. The van der Waals surface area contributed by atoms with E-state index < -0.39 is 12.0 Å². The molecular formula is C12H15BrN2O3. The molecule has 2 N–H and O–H groups in total. The molecule has 0 radical (unpaired) electrons. The van der Waals surface area contributed by atoms with Crippen molar-refractivity contribution in [3.8, 4) is 0 Å². The number of benzene rings is 1. The first-order valence-electron chi connectivity index (χ1n) is 5.32. The first-order valence-corrected chi connectivity index (χ1v) is 6.11. The Balaban J connectivity index is 2.79. The fraction of sp³-hybridized carbons (Fsp3) is 0.333. The van der Waals surface area contributed by atoms with E-state index in [-0.39, 0.29) is 6.54 Å². The molecule has 0 aliphatic carbocycles. The van der Waals surface area contributed by atoms with Crippen LogP contribution in [-0.2, 0) is 4.79 Å². The number of amides is 2. The molecule has 1 rings (SSSR count). The summed E-state index contributed by atoms with van der Waals surface area (Å²) in [6.07, 6.45) is 0. The Morgan fingerprint density at radius 3 is 2.28 bits per heavy atom. The molecule has 1 aromatic rings. The van der Waals surface area contributed by atoms with E-state index in [4.69, 9.17) is 5.11 Å². The Bertz CT molecular complexity index is 465. The maximum atomic E-state index is 11.7. The number of anilines is 1. The number of likely N-dealkylation sites (N-methyl/N-ethyl adjacent to an activating group) is 1. The summed E-state index contributed by atoms with van der Waals surface area (Å²) in [4.78, 5) is 23.3. The van der Waals surface area contributed by atoms with Gasteiger partial charge in [0.1, 0.15) is 6.54 Å². The summed E-state index contributed by atoms with van der Waals surface area (Å²) < 4.78 is 0.999. The van der Waals surface area contributed by atoms with E-state index in [0.717, 1.165) is 20.5 Å². The normalized spacial score (nSPS) is 10.0. The van der Waals surface area contributed by atoms with E-state index in [1.54, 1.807) is 0 Å². The van der Waals surface area contributed by atoms with Crippen LogP contribution in [0.15, 0.2) is 16.6 Å². The predicted octanol–water partition coefficient (Wildman–Crippen LogP) is 2.61. The minimum absolute atomic E-state index is 0.333. The Hall–Kier alpha value is -1.56. The summed E-state index contributed by atoms with van der Waals surface area (Å²) in [6.45, 7) is 3.52. The zero-order valence-corrected chi connectivity index (χ0v) is 12.0. The number of urea groups is 1. The van der Waals surface area contributed by atoms with Crippen LogP contribution in [0.3, 0.4) is 0 Å². The summed E-state index contributed by atoms with van der Waals surface area (Å²) in [6, 6.07) is 3.20. The summed E-state index contributed by atoms with van der Waals surface area (Å²) in [5, 5.41) is 11.3. The van der Waals surface area contributed by atoms with Crippen molar-refractivity contribution in [2.45, 2.75) is 13.8 Å². The number of rotatable bonds is 3. The molecule has 0 aliphatic rings. The molecule has 0 saturated carbocycles. The van der Waals surface area contributed by atoms with Gasteiger partial charge in [-0.3, -0.25) is 4.79 Å². The van der Waals surface area contributed by atoms with E-state index in [9.17, 15) is 9.59 Å². The second-order valence-corrected chi connectivity index (χ2v) is 4.90. The average Bonchev–Trinajstić information content (AvgIpc) is 2.24. The van der Waals surface area contributed by atoms with E-state index >= 15 is 0 Å². The molecular weight excluding hydrogens is 300 g/mol. The lowest BCUT2D eigenvalue weighted by Crippen LogP contribution is -2.35. The number of carboxylic acid groups (broad SMARTS) is 1. The van der Waals surface area contributed by atoms with Crippen LogP contribution in [0, 0.1) is 13.8 Å². The Morgan fingerprint density at radius 1 is 1.33 bits per heavy atom. The predicted molar refractivity (Wildman–Crippen MR) is 72.9 cm³/mol. The van der Waals surface area contributed by atoms with Crippen LogP contribution in [-0.4, -0.2) is 35.6 Å². The SMILES string of the molecule is Cc1cc(NC(=O)N(C)CC(=O)O)cc(C)c1Br. The van der Waals surface area contributed by atoms with Gasteiger partial charge in [0.05, 0.1) is 0 Å². The zero-order chi connectivity index (χ0) is 13.9. The molecule has 0 spiro atoms. The molecule has 0 fully saturated rings. The van der Waals surface area contributed by atoms with Gasteiger partial charge in [0.25, 0.3) is 0 Å². The zero-order valence-electron chi connectivity index (χ0n) is 10.5. The molecule has 0 saturated heterocycles. The maximum absolute atomic E-state index is 11.7. The van der Waals surface area contributed by atoms with Gasteiger partial charge >= 0.3 is 12.0 Å². The fourth-order valence-corrected chi connectivity index (χ4v) is 1.74. The van der Waals surface area contributed by atoms with Crippen LogP contribution in [0.4, 0.5) is 10.5 Å². The minimum atomic E-state index is -1.05. The third-order valence-electron chi connectivity index (χ3n) is 2.41. The number of carbonyl (C=O) groups excluding carboxylic acids is 1. The van der Waals surface area contributed by atoms with E-state index in [1.165, 1.54) is 7.05 Å². The highest BCUT2D eigenvalue weighted by atomic mass is 79.9. The Labute approximate surface area is 114 Å². The number of carboxylic acids is 1. The number of nitrogens with zero attached hydrogens (tertiary/aromatic N) is 1. The average molecular weight is 315 g/mol. The van der Waals surface area contributed by atoms with Crippen molar-refractivity contribution >= 4 is 33.6 Å². The van der Waals surface area contributed by atoms with Crippen molar-refractivity contribution in [2.24, 2.45) is 0 Å². The molecule has 0 aromatic heterocycles. The third kappa shape index (κ3) is 3.73.